The third-order valence-electron chi connectivity index (χ3n) is 2.68. The molecule has 0 aliphatic carbocycles. The maximum atomic E-state index is 12.2. The van der Waals surface area contributed by atoms with Gasteiger partial charge < -0.3 is 20.5 Å². The lowest BCUT2D eigenvalue weighted by Gasteiger charge is -2.12. The van der Waals surface area contributed by atoms with Crippen molar-refractivity contribution in [2.45, 2.75) is 0 Å². The van der Waals surface area contributed by atoms with Crippen molar-refractivity contribution in [3.63, 3.8) is 0 Å². The fourth-order valence-electron chi connectivity index (χ4n) is 1.73. The number of nitrogens with two attached hydrogens (primary N) is 1. The summed E-state index contributed by atoms with van der Waals surface area (Å²) in [6.45, 7) is 0. The average molecular weight is 273 g/mol. The molecule has 0 aliphatic rings. The van der Waals surface area contributed by atoms with Crippen LogP contribution in [0.1, 0.15) is 10.4 Å². The molecule has 1 aromatic heterocycles. The molecule has 0 saturated carbocycles. The van der Waals surface area contributed by atoms with E-state index in [1.165, 1.54) is 20.4 Å². The number of methoxy groups -OCH3 is 2. The van der Waals surface area contributed by atoms with E-state index in [9.17, 15) is 4.79 Å². The van der Waals surface area contributed by atoms with Crippen LogP contribution in [0, 0.1) is 0 Å². The van der Waals surface area contributed by atoms with Gasteiger partial charge in [0.15, 0.2) is 11.5 Å². The molecule has 6 nitrogen and oxygen atoms in total. The number of aromatic nitrogens is 1. The van der Waals surface area contributed by atoms with Crippen LogP contribution in [0.3, 0.4) is 0 Å². The second kappa shape index (κ2) is 5.92. The first-order valence-electron chi connectivity index (χ1n) is 5.89. The standard InChI is InChI=1S/C14H15N3O3/c1-19-11-5-3-4-10(13(11)20-2)14(18)17-12-7-6-9(15)8-16-12/h3-8H,15H2,1-2H3,(H,16,17,18). The molecule has 0 atom stereocenters. The lowest BCUT2D eigenvalue weighted by atomic mass is 10.1. The first-order chi connectivity index (χ1) is 9.65. The molecule has 0 bridgehead atoms. The van der Waals surface area contributed by atoms with Crippen molar-refractivity contribution in [1.82, 2.24) is 4.98 Å². The molecule has 6 heteroatoms. The Bertz CT molecular complexity index is 612. The molecule has 0 unspecified atom stereocenters. The van der Waals surface area contributed by atoms with Crippen LogP contribution >= 0.6 is 0 Å². The van der Waals surface area contributed by atoms with Crippen molar-refractivity contribution in [2.75, 3.05) is 25.3 Å². The highest BCUT2D eigenvalue weighted by Crippen LogP contribution is 2.31. The maximum Gasteiger partial charge on any atom is 0.260 e. The molecule has 1 heterocycles. The number of nitrogens with zero attached hydrogens (tertiary/aromatic N) is 1. The lowest BCUT2D eigenvalue weighted by molar-refractivity contribution is 0.102. The summed E-state index contributed by atoms with van der Waals surface area (Å²) in [5.41, 5.74) is 6.44. The molecule has 104 valence electrons. The van der Waals surface area contributed by atoms with Crippen molar-refractivity contribution in [3.05, 3.63) is 42.1 Å². The summed E-state index contributed by atoms with van der Waals surface area (Å²) >= 11 is 0. The molecule has 0 saturated heterocycles. The Hall–Kier alpha value is -2.76. The number of hydrogen-bond donors (Lipinski definition) is 2. The molecule has 0 aliphatic heterocycles. The van der Waals surface area contributed by atoms with Crippen LogP contribution in [0.4, 0.5) is 11.5 Å². The number of benzene rings is 1. The largest absolute Gasteiger partial charge is 0.493 e. The Balaban J connectivity index is 2.27. The van der Waals surface area contributed by atoms with Crippen LogP contribution < -0.4 is 20.5 Å². The predicted molar refractivity (Wildman–Crippen MR) is 76.1 cm³/mol. The fraction of sp³-hybridized carbons (Fsp3) is 0.143. The second-order valence-electron chi connectivity index (χ2n) is 3.97. The first-order valence-corrected chi connectivity index (χ1v) is 5.89. The SMILES string of the molecule is COc1cccc(C(=O)Nc2ccc(N)cn2)c1OC. The van der Waals surface area contributed by atoms with Crippen LogP contribution in [0.5, 0.6) is 11.5 Å². The number of amides is 1. The van der Waals surface area contributed by atoms with Gasteiger partial charge in [-0.15, -0.1) is 0 Å². The summed E-state index contributed by atoms with van der Waals surface area (Å²) < 4.78 is 10.4. The highest BCUT2D eigenvalue weighted by molar-refractivity contribution is 6.06. The number of ether oxygens (including phenoxy) is 2. The molecule has 3 N–H and O–H groups in total. The van der Waals surface area contributed by atoms with E-state index in [0.717, 1.165) is 0 Å². The van der Waals surface area contributed by atoms with Gasteiger partial charge in [0.2, 0.25) is 0 Å². The number of nitrogen functional groups attached to an aromatic ring is 1. The van der Waals surface area contributed by atoms with Gasteiger partial charge >= 0.3 is 0 Å². The number of nitrogens with one attached hydrogen (secondary N) is 1. The maximum absolute atomic E-state index is 12.2. The zero-order chi connectivity index (χ0) is 14.5. The van der Waals surface area contributed by atoms with Crippen LogP contribution in [0.25, 0.3) is 0 Å². The third kappa shape index (κ3) is 2.80. The van der Waals surface area contributed by atoms with Gasteiger partial charge in [0.05, 0.1) is 31.7 Å². The van der Waals surface area contributed by atoms with Crippen molar-refractivity contribution in [2.24, 2.45) is 0 Å². The van der Waals surface area contributed by atoms with Gasteiger partial charge in [0.1, 0.15) is 5.82 Å². The molecule has 1 amide bonds. The Kier molecular flexibility index (Phi) is 4.05. The molecule has 20 heavy (non-hydrogen) atoms. The van der Waals surface area contributed by atoms with Crippen LogP contribution in [-0.2, 0) is 0 Å². The number of para-hydroxylation sites is 1. The summed E-state index contributed by atoms with van der Waals surface area (Å²) in [6.07, 6.45) is 1.47. The molecule has 0 spiro atoms. The van der Waals surface area contributed by atoms with Crippen molar-refractivity contribution < 1.29 is 14.3 Å². The number of pyridine rings is 1. The van der Waals surface area contributed by atoms with Gasteiger partial charge in [-0.2, -0.15) is 0 Å². The summed E-state index contributed by atoms with van der Waals surface area (Å²) in [5.74, 6) is 0.945. The topological polar surface area (TPSA) is 86.5 Å². The number of carbonyl (C=O) groups is 1. The Labute approximate surface area is 116 Å². The third-order valence-corrected chi connectivity index (χ3v) is 2.68. The molecule has 2 rings (SSSR count). The number of hydrogen-bond acceptors (Lipinski definition) is 5. The number of carbonyl (C=O) groups excluding carboxylic acids is 1. The van der Waals surface area contributed by atoms with E-state index in [0.29, 0.717) is 28.6 Å². The van der Waals surface area contributed by atoms with Crippen LogP contribution in [-0.4, -0.2) is 25.1 Å². The summed E-state index contributed by atoms with van der Waals surface area (Å²) in [6, 6.07) is 8.36. The van der Waals surface area contributed by atoms with Crippen molar-refractivity contribution >= 4 is 17.4 Å². The Morgan fingerprint density at radius 2 is 2.00 bits per heavy atom. The molecular weight excluding hydrogens is 258 g/mol. The molecule has 1 aromatic carbocycles. The average Bonchev–Trinajstić information content (AvgIpc) is 2.48. The van der Waals surface area contributed by atoms with Crippen LogP contribution in [0.15, 0.2) is 36.5 Å². The van der Waals surface area contributed by atoms with Gasteiger partial charge in [-0.05, 0) is 24.3 Å². The normalized spacial score (nSPS) is 9.90. The summed E-state index contributed by atoms with van der Waals surface area (Å²) in [7, 11) is 3.00. The van der Waals surface area contributed by atoms with Gasteiger partial charge in [0.25, 0.3) is 5.91 Å². The smallest absolute Gasteiger partial charge is 0.260 e. The van der Waals surface area contributed by atoms with Crippen LogP contribution in [0.2, 0.25) is 0 Å². The fourth-order valence-corrected chi connectivity index (χ4v) is 1.73. The van der Waals surface area contributed by atoms with Gasteiger partial charge in [-0.1, -0.05) is 6.07 Å². The molecular formula is C14H15N3O3. The minimum absolute atomic E-state index is 0.335. The Morgan fingerprint density at radius 1 is 1.20 bits per heavy atom. The van der Waals surface area contributed by atoms with Gasteiger partial charge in [-0.25, -0.2) is 4.98 Å². The van der Waals surface area contributed by atoms with E-state index in [-0.39, 0.29) is 5.91 Å². The van der Waals surface area contributed by atoms with Gasteiger partial charge in [0, 0.05) is 0 Å². The number of rotatable bonds is 4. The summed E-state index contributed by atoms with van der Waals surface area (Å²) in [5, 5.41) is 2.67. The van der Waals surface area contributed by atoms with E-state index >= 15 is 0 Å². The number of anilines is 2. The van der Waals surface area contributed by atoms with Gasteiger partial charge in [-0.3, -0.25) is 4.79 Å². The zero-order valence-corrected chi connectivity index (χ0v) is 11.2. The van der Waals surface area contributed by atoms with E-state index in [1.54, 1.807) is 30.3 Å². The van der Waals surface area contributed by atoms with E-state index in [1.807, 2.05) is 0 Å². The Morgan fingerprint density at radius 3 is 2.60 bits per heavy atom. The van der Waals surface area contributed by atoms with E-state index in [4.69, 9.17) is 15.2 Å². The highest BCUT2D eigenvalue weighted by Gasteiger charge is 2.16. The lowest BCUT2D eigenvalue weighted by Crippen LogP contribution is -2.14. The highest BCUT2D eigenvalue weighted by atomic mass is 16.5. The minimum atomic E-state index is -0.335. The van der Waals surface area contributed by atoms with Crippen molar-refractivity contribution in [1.29, 1.82) is 0 Å². The quantitative estimate of drug-likeness (QED) is 0.889. The first kappa shape index (κ1) is 13.7. The molecule has 2 aromatic rings. The van der Waals surface area contributed by atoms with Crippen molar-refractivity contribution in [3.8, 4) is 11.5 Å². The summed E-state index contributed by atoms with van der Waals surface area (Å²) in [4.78, 5) is 16.2. The van der Waals surface area contributed by atoms with E-state index < -0.39 is 0 Å². The molecule has 0 radical (unpaired) electrons. The second-order valence-corrected chi connectivity index (χ2v) is 3.97. The minimum Gasteiger partial charge on any atom is -0.493 e. The monoisotopic (exact) mass is 273 g/mol. The predicted octanol–water partition coefficient (Wildman–Crippen LogP) is 1.93. The zero-order valence-electron chi connectivity index (χ0n) is 11.2. The van der Waals surface area contributed by atoms with E-state index in [2.05, 4.69) is 10.3 Å². The molecule has 0 fully saturated rings.